The Bertz CT molecular complexity index is 616. The molecule has 0 aliphatic rings. The van der Waals surface area contributed by atoms with Crippen LogP contribution >= 0.6 is 39.7 Å². The van der Waals surface area contributed by atoms with Crippen molar-refractivity contribution in [3.63, 3.8) is 0 Å². The van der Waals surface area contributed by atoms with Gasteiger partial charge in [0.2, 0.25) is 0 Å². The molecule has 0 bridgehead atoms. The maximum absolute atomic E-state index is 5.94. The average Bonchev–Trinajstić information content (AvgIpc) is 2.36. The molecule has 0 heterocycles. The lowest BCUT2D eigenvalue weighted by atomic mass is 10.2. The van der Waals surface area contributed by atoms with Crippen molar-refractivity contribution in [1.82, 2.24) is 0 Å². The Hall–Kier alpha value is -1.10. The SMILES string of the molecule is NC(=S)c1ccc(NCc2cccc(Cl)c2)cc1Br. The van der Waals surface area contributed by atoms with Crippen LogP contribution in [0.2, 0.25) is 5.02 Å². The molecule has 2 nitrogen and oxygen atoms in total. The molecule has 0 radical (unpaired) electrons. The second-order valence-corrected chi connectivity index (χ2v) is 5.77. The molecule has 2 aromatic carbocycles. The van der Waals surface area contributed by atoms with Crippen molar-refractivity contribution in [3.8, 4) is 0 Å². The molecule has 2 aromatic rings. The Labute approximate surface area is 131 Å². The predicted octanol–water partition coefficient (Wildman–Crippen LogP) is 4.35. The third-order valence-corrected chi connectivity index (χ3v) is 3.73. The minimum Gasteiger partial charge on any atom is -0.389 e. The van der Waals surface area contributed by atoms with Crippen molar-refractivity contribution in [3.05, 3.63) is 63.1 Å². The summed E-state index contributed by atoms with van der Waals surface area (Å²) < 4.78 is 0.885. The molecule has 0 fully saturated rings. The molecule has 0 saturated carbocycles. The maximum Gasteiger partial charge on any atom is 0.105 e. The number of benzene rings is 2. The van der Waals surface area contributed by atoms with Crippen molar-refractivity contribution in [2.75, 3.05) is 5.32 Å². The molecule has 0 saturated heterocycles. The number of anilines is 1. The first-order valence-electron chi connectivity index (χ1n) is 5.64. The van der Waals surface area contributed by atoms with Crippen molar-refractivity contribution in [2.24, 2.45) is 5.73 Å². The van der Waals surface area contributed by atoms with E-state index in [9.17, 15) is 0 Å². The van der Waals surface area contributed by atoms with Gasteiger partial charge >= 0.3 is 0 Å². The van der Waals surface area contributed by atoms with Crippen molar-refractivity contribution >= 4 is 50.4 Å². The van der Waals surface area contributed by atoms with Gasteiger partial charge in [-0.05, 0) is 51.8 Å². The number of nitrogens with two attached hydrogens (primary N) is 1. The van der Waals surface area contributed by atoms with Crippen LogP contribution in [0.1, 0.15) is 11.1 Å². The minimum atomic E-state index is 0.383. The summed E-state index contributed by atoms with van der Waals surface area (Å²) in [5.41, 5.74) is 8.57. The highest BCUT2D eigenvalue weighted by Crippen LogP contribution is 2.22. The monoisotopic (exact) mass is 354 g/mol. The summed E-state index contributed by atoms with van der Waals surface area (Å²) in [6, 6.07) is 13.6. The molecule has 98 valence electrons. The highest BCUT2D eigenvalue weighted by molar-refractivity contribution is 9.10. The van der Waals surface area contributed by atoms with E-state index in [0.717, 1.165) is 26.3 Å². The maximum atomic E-state index is 5.94. The summed E-state index contributed by atoms with van der Waals surface area (Å²) in [5, 5.41) is 4.06. The van der Waals surface area contributed by atoms with E-state index < -0.39 is 0 Å². The molecule has 5 heteroatoms. The van der Waals surface area contributed by atoms with Crippen LogP contribution in [0.15, 0.2) is 46.9 Å². The fraction of sp³-hybridized carbons (Fsp3) is 0.0714. The Morgan fingerprint density at radius 3 is 2.68 bits per heavy atom. The van der Waals surface area contributed by atoms with Crippen LogP contribution in [-0.4, -0.2) is 4.99 Å². The molecular formula is C14H12BrClN2S. The van der Waals surface area contributed by atoms with Crippen LogP contribution < -0.4 is 11.1 Å². The van der Waals surface area contributed by atoms with E-state index in [0.29, 0.717) is 11.5 Å². The zero-order valence-corrected chi connectivity index (χ0v) is 13.1. The summed E-state index contributed by atoms with van der Waals surface area (Å²) in [6.45, 7) is 0.708. The standard InChI is InChI=1S/C14H12BrClN2S/c15-13-7-11(4-5-12(13)14(17)19)18-8-9-2-1-3-10(16)6-9/h1-7,18H,8H2,(H2,17,19). The van der Waals surface area contributed by atoms with Gasteiger partial charge in [0.25, 0.3) is 0 Å². The molecular weight excluding hydrogens is 344 g/mol. The van der Waals surface area contributed by atoms with Gasteiger partial charge in [0.1, 0.15) is 4.99 Å². The van der Waals surface area contributed by atoms with E-state index in [1.54, 1.807) is 0 Å². The van der Waals surface area contributed by atoms with Crippen LogP contribution in [-0.2, 0) is 6.54 Å². The fourth-order valence-corrected chi connectivity index (χ4v) is 2.79. The highest BCUT2D eigenvalue weighted by atomic mass is 79.9. The quantitative estimate of drug-likeness (QED) is 0.801. The summed E-state index contributed by atoms with van der Waals surface area (Å²) in [7, 11) is 0. The number of halogens is 2. The number of thiocarbonyl (C=S) groups is 1. The predicted molar refractivity (Wildman–Crippen MR) is 88.8 cm³/mol. The van der Waals surface area contributed by atoms with E-state index in [1.165, 1.54) is 0 Å². The van der Waals surface area contributed by atoms with E-state index in [2.05, 4.69) is 21.2 Å². The number of hydrogen-bond acceptors (Lipinski definition) is 2. The Kier molecular flexibility index (Phi) is 4.80. The molecule has 0 aliphatic heterocycles. The summed E-state index contributed by atoms with van der Waals surface area (Å²) in [4.78, 5) is 0.383. The Morgan fingerprint density at radius 1 is 1.26 bits per heavy atom. The molecule has 0 aliphatic carbocycles. The van der Waals surface area contributed by atoms with Crippen molar-refractivity contribution in [1.29, 1.82) is 0 Å². The van der Waals surface area contributed by atoms with Gasteiger partial charge in [-0.15, -0.1) is 0 Å². The first-order chi connectivity index (χ1) is 9.06. The molecule has 0 amide bonds. The van der Waals surface area contributed by atoms with E-state index in [-0.39, 0.29) is 0 Å². The van der Waals surface area contributed by atoms with Crippen LogP contribution in [0, 0.1) is 0 Å². The van der Waals surface area contributed by atoms with Gasteiger partial charge in [-0.25, -0.2) is 0 Å². The van der Waals surface area contributed by atoms with Crippen LogP contribution in [0.3, 0.4) is 0 Å². The van der Waals surface area contributed by atoms with Gasteiger partial charge in [0.15, 0.2) is 0 Å². The second-order valence-electron chi connectivity index (χ2n) is 4.04. The lowest BCUT2D eigenvalue weighted by molar-refractivity contribution is 1.15. The van der Waals surface area contributed by atoms with Crippen LogP contribution in [0.5, 0.6) is 0 Å². The summed E-state index contributed by atoms with van der Waals surface area (Å²) in [5.74, 6) is 0. The topological polar surface area (TPSA) is 38.0 Å². The normalized spacial score (nSPS) is 10.2. The van der Waals surface area contributed by atoms with Crippen LogP contribution in [0.25, 0.3) is 0 Å². The molecule has 0 atom stereocenters. The summed E-state index contributed by atoms with van der Waals surface area (Å²) in [6.07, 6.45) is 0. The van der Waals surface area contributed by atoms with Crippen LogP contribution in [0.4, 0.5) is 5.69 Å². The molecule has 3 N–H and O–H groups in total. The van der Waals surface area contributed by atoms with E-state index in [1.807, 2.05) is 42.5 Å². The zero-order chi connectivity index (χ0) is 13.8. The molecule has 2 rings (SSSR count). The summed E-state index contributed by atoms with van der Waals surface area (Å²) >= 11 is 14.4. The van der Waals surface area contributed by atoms with Gasteiger partial charge in [-0.1, -0.05) is 36.0 Å². The molecule has 0 unspecified atom stereocenters. The molecule has 0 aromatic heterocycles. The van der Waals surface area contributed by atoms with Crippen molar-refractivity contribution < 1.29 is 0 Å². The number of rotatable bonds is 4. The number of hydrogen-bond donors (Lipinski definition) is 2. The third kappa shape index (κ3) is 3.93. The van der Waals surface area contributed by atoms with Gasteiger partial charge < -0.3 is 11.1 Å². The van der Waals surface area contributed by atoms with Gasteiger partial charge in [-0.2, -0.15) is 0 Å². The first kappa shape index (κ1) is 14.3. The lowest BCUT2D eigenvalue weighted by Gasteiger charge is -2.09. The Morgan fingerprint density at radius 2 is 2.05 bits per heavy atom. The largest absolute Gasteiger partial charge is 0.389 e. The smallest absolute Gasteiger partial charge is 0.105 e. The second kappa shape index (κ2) is 6.37. The van der Waals surface area contributed by atoms with E-state index >= 15 is 0 Å². The van der Waals surface area contributed by atoms with Crippen molar-refractivity contribution in [2.45, 2.75) is 6.54 Å². The van der Waals surface area contributed by atoms with Gasteiger partial charge in [-0.3, -0.25) is 0 Å². The fourth-order valence-electron chi connectivity index (χ4n) is 1.68. The first-order valence-corrected chi connectivity index (χ1v) is 7.22. The van der Waals surface area contributed by atoms with E-state index in [4.69, 9.17) is 29.6 Å². The van der Waals surface area contributed by atoms with Gasteiger partial charge in [0, 0.05) is 27.3 Å². The Balaban J connectivity index is 2.08. The number of nitrogens with one attached hydrogen (secondary N) is 1. The third-order valence-electron chi connectivity index (χ3n) is 2.62. The average molecular weight is 356 g/mol. The minimum absolute atomic E-state index is 0.383. The molecule has 0 spiro atoms. The molecule has 19 heavy (non-hydrogen) atoms. The zero-order valence-electron chi connectivity index (χ0n) is 9.99. The van der Waals surface area contributed by atoms with Gasteiger partial charge in [0.05, 0.1) is 0 Å². The highest BCUT2D eigenvalue weighted by Gasteiger charge is 2.04. The lowest BCUT2D eigenvalue weighted by Crippen LogP contribution is -2.10.